The second kappa shape index (κ2) is 5.11. The maximum absolute atomic E-state index is 4.42. The van der Waals surface area contributed by atoms with Crippen molar-refractivity contribution in [1.29, 1.82) is 0 Å². The summed E-state index contributed by atoms with van der Waals surface area (Å²) in [4.78, 5) is 4.42. The molecule has 0 saturated carbocycles. The molecule has 2 nitrogen and oxygen atoms in total. The summed E-state index contributed by atoms with van der Waals surface area (Å²) in [5.74, 6) is 0.857. The van der Waals surface area contributed by atoms with E-state index < -0.39 is 0 Å². The van der Waals surface area contributed by atoms with Crippen molar-refractivity contribution in [3.05, 3.63) is 51.1 Å². The van der Waals surface area contributed by atoms with E-state index in [4.69, 9.17) is 0 Å². The first-order valence-electron chi connectivity index (χ1n) is 5.94. The average Bonchev–Trinajstić information content (AvgIpc) is 2.25. The summed E-state index contributed by atoms with van der Waals surface area (Å²) in [6.07, 6.45) is 1.87. The minimum atomic E-state index is 0.857. The normalized spacial score (nSPS) is 10.5. The first kappa shape index (κ1) is 13.1. The predicted octanol–water partition coefficient (Wildman–Crippen LogP) is 4.82. The average molecular weight is 305 g/mol. The van der Waals surface area contributed by atoms with Crippen molar-refractivity contribution in [2.24, 2.45) is 0 Å². The number of hydrogen-bond donors (Lipinski definition) is 1. The Kier molecular flexibility index (Phi) is 3.71. The lowest BCUT2D eigenvalue weighted by Crippen LogP contribution is -2.00. The van der Waals surface area contributed by atoms with Gasteiger partial charge in [0.25, 0.3) is 0 Å². The van der Waals surface area contributed by atoms with E-state index in [2.05, 4.69) is 65.2 Å². The fourth-order valence-electron chi connectivity index (χ4n) is 2.12. The van der Waals surface area contributed by atoms with Crippen molar-refractivity contribution in [2.45, 2.75) is 27.7 Å². The Bertz CT molecular complexity index is 568. The van der Waals surface area contributed by atoms with Crippen LogP contribution in [0.25, 0.3) is 0 Å². The van der Waals surface area contributed by atoms with Gasteiger partial charge in [-0.05, 0) is 66.4 Å². The highest BCUT2D eigenvalue weighted by molar-refractivity contribution is 9.10. The van der Waals surface area contributed by atoms with Gasteiger partial charge in [0.1, 0.15) is 5.82 Å². The molecule has 1 heterocycles. The number of aryl methyl sites for hydroxylation is 4. The molecule has 1 aromatic heterocycles. The van der Waals surface area contributed by atoms with Gasteiger partial charge in [-0.25, -0.2) is 4.98 Å². The van der Waals surface area contributed by atoms with E-state index >= 15 is 0 Å². The molecule has 0 bridgehead atoms. The molecule has 0 saturated heterocycles. The number of halogens is 1. The van der Waals surface area contributed by atoms with Crippen LogP contribution in [-0.2, 0) is 0 Å². The number of hydrogen-bond acceptors (Lipinski definition) is 2. The quantitative estimate of drug-likeness (QED) is 0.860. The van der Waals surface area contributed by atoms with Gasteiger partial charge in [-0.1, -0.05) is 17.7 Å². The van der Waals surface area contributed by atoms with Crippen LogP contribution in [0, 0.1) is 27.7 Å². The van der Waals surface area contributed by atoms with Gasteiger partial charge in [-0.2, -0.15) is 0 Å². The minimum Gasteiger partial charge on any atom is -0.339 e. The summed E-state index contributed by atoms with van der Waals surface area (Å²) < 4.78 is 0.988. The SMILES string of the molecule is Cc1cc(C)c(Nc2ncc(C)cc2Br)c(C)c1. The van der Waals surface area contributed by atoms with Crippen molar-refractivity contribution in [1.82, 2.24) is 4.98 Å². The van der Waals surface area contributed by atoms with Gasteiger partial charge in [0, 0.05) is 11.9 Å². The van der Waals surface area contributed by atoms with E-state index in [1.807, 2.05) is 13.1 Å². The number of rotatable bonds is 2. The molecular formula is C15H17BrN2. The molecule has 2 aromatic rings. The first-order valence-corrected chi connectivity index (χ1v) is 6.73. The van der Waals surface area contributed by atoms with E-state index in [-0.39, 0.29) is 0 Å². The standard InChI is InChI=1S/C15H17BrN2/c1-9-5-11(3)14(12(4)6-9)18-15-13(16)7-10(2)8-17-15/h5-8H,1-4H3,(H,17,18). The van der Waals surface area contributed by atoms with Crippen LogP contribution in [0.2, 0.25) is 0 Å². The van der Waals surface area contributed by atoms with Crippen LogP contribution < -0.4 is 5.32 Å². The lowest BCUT2D eigenvalue weighted by atomic mass is 10.1. The minimum absolute atomic E-state index is 0.857. The zero-order valence-corrected chi connectivity index (χ0v) is 12.7. The summed E-state index contributed by atoms with van der Waals surface area (Å²) in [6, 6.07) is 6.42. The smallest absolute Gasteiger partial charge is 0.144 e. The molecule has 0 radical (unpaired) electrons. The van der Waals surface area contributed by atoms with Crippen LogP contribution in [-0.4, -0.2) is 4.98 Å². The van der Waals surface area contributed by atoms with Crippen molar-refractivity contribution < 1.29 is 0 Å². The Labute approximate surface area is 117 Å². The zero-order valence-electron chi connectivity index (χ0n) is 11.1. The molecule has 0 spiro atoms. The third kappa shape index (κ3) is 2.72. The van der Waals surface area contributed by atoms with E-state index in [9.17, 15) is 0 Å². The Morgan fingerprint density at radius 3 is 2.11 bits per heavy atom. The molecule has 0 aliphatic carbocycles. The molecule has 0 fully saturated rings. The van der Waals surface area contributed by atoms with Crippen molar-refractivity contribution in [3.63, 3.8) is 0 Å². The van der Waals surface area contributed by atoms with Gasteiger partial charge in [0.15, 0.2) is 0 Å². The number of nitrogens with one attached hydrogen (secondary N) is 1. The second-order valence-electron chi connectivity index (χ2n) is 4.74. The number of aromatic nitrogens is 1. The molecule has 0 amide bonds. The van der Waals surface area contributed by atoms with Crippen LogP contribution in [0.4, 0.5) is 11.5 Å². The van der Waals surface area contributed by atoms with Gasteiger partial charge < -0.3 is 5.32 Å². The van der Waals surface area contributed by atoms with Crippen LogP contribution in [0.3, 0.4) is 0 Å². The van der Waals surface area contributed by atoms with E-state index in [0.717, 1.165) is 21.5 Å². The van der Waals surface area contributed by atoms with Crippen LogP contribution >= 0.6 is 15.9 Å². The molecule has 3 heteroatoms. The van der Waals surface area contributed by atoms with Crippen LogP contribution in [0.5, 0.6) is 0 Å². The van der Waals surface area contributed by atoms with Gasteiger partial charge in [0.05, 0.1) is 4.47 Å². The Balaban J connectivity index is 2.40. The maximum atomic E-state index is 4.42. The molecule has 1 aromatic carbocycles. The summed E-state index contributed by atoms with van der Waals surface area (Å²) in [5.41, 5.74) is 6.04. The van der Waals surface area contributed by atoms with Crippen LogP contribution in [0.1, 0.15) is 22.3 Å². The third-order valence-electron chi connectivity index (χ3n) is 2.90. The predicted molar refractivity (Wildman–Crippen MR) is 80.6 cm³/mol. The van der Waals surface area contributed by atoms with E-state index in [0.29, 0.717) is 0 Å². The molecule has 0 unspecified atom stereocenters. The van der Waals surface area contributed by atoms with E-state index in [1.54, 1.807) is 0 Å². The third-order valence-corrected chi connectivity index (χ3v) is 3.50. The topological polar surface area (TPSA) is 24.9 Å². The second-order valence-corrected chi connectivity index (χ2v) is 5.60. The maximum Gasteiger partial charge on any atom is 0.144 e. The monoisotopic (exact) mass is 304 g/mol. The zero-order chi connectivity index (χ0) is 13.3. The van der Waals surface area contributed by atoms with Gasteiger partial charge in [0.2, 0.25) is 0 Å². The number of anilines is 2. The van der Waals surface area contributed by atoms with Gasteiger partial charge in [-0.15, -0.1) is 0 Å². The highest BCUT2D eigenvalue weighted by Crippen LogP contribution is 2.29. The molecule has 1 N–H and O–H groups in total. The van der Waals surface area contributed by atoms with E-state index in [1.165, 1.54) is 16.7 Å². The fraction of sp³-hybridized carbons (Fsp3) is 0.267. The first-order chi connectivity index (χ1) is 8.47. The highest BCUT2D eigenvalue weighted by Gasteiger charge is 2.07. The molecule has 18 heavy (non-hydrogen) atoms. The van der Waals surface area contributed by atoms with Gasteiger partial charge >= 0.3 is 0 Å². The molecule has 0 aliphatic heterocycles. The lowest BCUT2D eigenvalue weighted by Gasteiger charge is -2.14. The molecule has 94 valence electrons. The largest absolute Gasteiger partial charge is 0.339 e. The number of pyridine rings is 1. The Morgan fingerprint density at radius 1 is 0.944 bits per heavy atom. The molecule has 2 rings (SSSR count). The van der Waals surface area contributed by atoms with Crippen molar-refractivity contribution in [2.75, 3.05) is 5.32 Å². The molecule has 0 atom stereocenters. The fourth-order valence-corrected chi connectivity index (χ4v) is 2.68. The summed E-state index contributed by atoms with van der Waals surface area (Å²) in [7, 11) is 0. The summed E-state index contributed by atoms with van der Waals surface area (Å²) in [5, 5.41) is 3.41. The summed E-state index contributed by atoms with van der Waals surface area (Å²) in [6.45, 7) is 8.38. The van der Waals surface area contributed by atoms with Crippen molar-refractivity contribution >= 4 is 27.4 Å². The molecular weight excluding hydrogens is 288 g/mol. The van der Waals surface area contributed by atoms with Gasteiger partial charge in [-0.3, -0.25) is 0 Å². The van der Waals surface area contributed by atoms with Crippen molar-refractivity contribution in [3.8, 4) is 0 Å². The van der Waals surface area contributed by atoms with Crippen LogP contribution in [0.15, 0.2) is 28.9 Å². The molecule has 0 aliphatic rings. The Morgan fingerprint density at radius 2 is 1.56 bits per heavy atom. The summed E-state index contributed by atoms with van der Waals surface area (Å²) >= 11 is 3.54. The lowest BCUT2D eigenvalue weighted by molar-refractivity contribution is 1.22. The number of nitrogens with zero attached hydrogens (tertiary/aromatic N) is 1. The Hall–Kier alpha value is -1.35. The number of benzene rings is 1. The highest BCUT2D eigenvalue weighted by atomic mass is 79.9.